The quantitative estimate of drug-likeness (QED) is 0.117. The number of carbonyl (C=O) groups is 4. The molecule has 3 fully saturated rings. The van der Waals surface area contributed by atoms with Gasteiger partial charge in [0.15, 0.2) is 0 Å². The zero-order chi connectivity index (χ0) is 52.7. The number of piperazine rings is 1. The van der Waals surface area contributed by atoms with E-state index in [2.05, 4.69) is 83.5 Å². The SMILES string of the molecule is C=C(CN1C(=O)CCC(N2Cc3cc(CNC(=O)Nc4ccc(C)c(C)c4)ccc3C2=O)C1=O)S(=O)(=O)N1CCN(c2nc(OC[C@@H]3CCCN3C)nc3c2CCN(c2cccc4cccc(C)c24)C3)C[C@@H]1CC#N. The number of urea groups is 1. The minimum atomic E-state index is -4.39. The van der Waals surface area contributed by atoms with Gasteiger partial charge in [-0.2, -0.15) is 19.5 Å². The molecule has 3 atom stereocenters. The van der Waals surface area contributed by atoms with Gasteiger partial charge in [-0.1, -0.05) is 55.1 Å². The van der Waals surface area contributed by atoms with E-state index < -0.39 is 40.5 Å². The number of sulfonamides is 1. The fourth-order valence-electron chi connectivity index (χ4n) is 11.3. The lowest BCUT2D eigenvalue weighted by Gasteiger charge is -2.42. The summed E-state index contributed by atoms with van der Waals surface area (Å²) < 4.78 is 36.8. The van der Waals surface area contributed by atoms with Gasteiger partial charge in [-0.15, -0.1) is 0 Å². The minimum Gasteiger partial charge on any atom is -0.462 e. The van der Waals surface area contributed by atoms with E-state index in [-0.39, 0.29) is 80.9 Å². The lowest BCUT2D eigenvalue weighted by Crippen LogP contribution is -2.57. The number of carbonyl (C=O) groups excluding carboxylic acids is 4. The highest BCUT2D eigenvalue weighted by atomic mass is 32.2. The predicted molar refractivity (Wildman–Crippen MR) is 285 cm³/mol. The number of ether oxygens (including phenoxy) is 1. The highest BCUT2D eigenvalue weighted by Crippen LogP contribution is 2.37. The lowest BCUT2D eigenvalue weighted by atomic mass is 9.99. The van der Waals surface area contributed by atoms with Crippen LogP contribution in [-0.4, -0.2) is 132 Å². The van der Waals surface area contributed by atoms with Crippen molar-refractivity contribution >= 4 is 61.7 Å². The molecular formula is C56H63N11O7S. The Balaban J connectivity index is 0.821. The Morgan fingerprint density at radius 2 is 1.69 bits per heavy atom. The topological polar surface area (TPSA) is 205 Å². The number of aromatic nitrogens is 2. The number of nitrogens with zero attached hydrogens (tertiary/aromatic N) is 9. The summed E-state index contributed by atoms with van der Waals surface area (Å²) in [4.78, 5) is 72.9. The highest BCUT2D eigenvalue weighted by Gasteiger charge is 2.45. The van der Waals surface area contributed by atoms with Crippen molar-refractivity contribution in [3.63, 3.8) is 0 Å². The molecule has 4 aromatic carbocycles. The first-order chi connectivity index (χ1) is 36.1. The summed E-state index contributed by atoms with van der Waals surface area (Å²) in [7, 11) is -2.30. The minimum absolute atomic E-state index is 0.0172. The largest absolute Gasteiger partial charge is 0.462 e. The Morgan fingerprint density at radius 3 is 2.47 bits per heavy atom. The third-order valence-corrected chi connectivity index (χ3v) is 17.6. The molecule has 10 rings (SSSR count). The maximum absolute atomic E-state index is 14.6. The number of amides is 5. The molecular weight excluding hydrogens is 971 g/mol. The van der Waals surface area contributed by atoms with Gasteiger partial charge in [0.25, 0.3) is 11.8 Å². The fourth-order valence-corrected chi connectivity index (χ4v) is 12.8. The van der Waals surface area contributed by atoms with E-state index in [1.807, 2.05) is 43.0 Å². The number of nitriles is 1. The molecule has 5 aliphatic rings. The number of likely N-dealkylation sites (tertiary alicyclic amines) is 2. The van der Waals surface area contributed by atoms with Crippen LogP contribution in [-0.2, 0) is 45.7 Å². The van der Waals surface area contributed by atoms with Crippen LogP contribution in [0.25, 0.3) is 10.8 Å². The summed E-state index contributed by atoms with van der Waals surface area (Å²) in [6, 6.07) is 24.0. The van der Waals surface area contributed by atoms with Crippen molar-refractivity contribution in [3.05, 3.63) is 129 Å². The van der Waals surface area contributed by atoms with Crippen LogP contribution in [0.1, 0.15) is 81.5 Å². The standard InChI is InChI=1S/C56H63N11O7S/c1-35-14-16-42(27-37(35)3)59-55(71)58-29-39-15-17-45-41(28-39)31-65(53(45)69)49-18-19-50(68)66(54(49)70)30-38(4)75(72,73)67-26-25-64(32-43(67)20-22-57)52-46-21-24-63(48-13-7-11-40-10-6-9-36(2)51(40)48)33-47(46)60-56(61-52)74-34-44-12-8-23-62(44)5/h6-7,9-11,13-17,27-28,43-44,49H,4,8,12,18-21,23-26,29-34H2,1-3,5H3,(H2,58,59,71)/t43-,44-,49?/m0/s1. The number of imide groups is 1. The van der Waals surface area contributed by atoms with Crippen LogP contribution in [0.15, 0.2) is 84.3 Å². The maximum Gasteiger partial charge on any atom is 0.319 e. The van der Waals surface area contributed by atoms with Gasteiger partial charge in [-0.3, -0.25) is 19.3 Å². The molecule has 0 aliphatic carbocycles. The molecule has 5 aromatic rings. The second-order valence-electron chi connectivity index (χ2n) is 20.5. The molecule has 0 bridgehead atoms. The third kappa shape index (κ3) is 10.3. The number of fused-ring (bicyclic) bond motifs is 3. The first-order valence-corrected chi connectivity index (χ1v) is 27.2. The molecule has 75 heavy (non-hydrogen) atoms. The smallest absolute Gasteiger partial charge is 0.319 e. The van der Waals surface area contributed by atoms with Gasteiger partial charge in [0.1, 0.15) is 18.5 Å². The summed E-state index contributed by atoms with van der Waals surface area (Å²) in [5.41, 5.74) is 8.74. The van der Waals surface area contributed by atoms with Crippen molar-refractivity contribution in [2.75, 3.05) is 68.0 Å². The molecule has 18 nitrogen and oxygen atoms in total. The van der Waals surface area contributed by atoms with Crippen molar-refractivity contribution in [2.45, 2.75) is 97.1 Å². The number of aryl methyl sites for hydroxylation is 3. The average molecular weight is 1030 g/mol. The Kier molecular flexibility index (Phi) is 14.4. The predicted octanol–water partition coefficient (Wildman–Crippen LogP) is 6.33. The summed E-state index contributed by atoms with van der Waals surface area (Å²) >= 11 is 0. The molecule has 390 valence electrons. The number of anilines is 3. The first-order valence-electron chi connectivity index (χ1n) is 25.7. The van der Waals surface area contributed by atoms with Crippen LogP contribution in [0.3, 0.4) is 0 Å². The van der Waals surface area contributed by atoms with Gasteiger partial charge in [0, 0.05) is 79.6 Å². The normalized spacial score (nSPS) is 20.3. The maximum atomic E-state index is 14.6. The molecule has 5 aliphatic heterocycles. The van der Waals surface area contributed by atoms with Crippen LogP contribution in [0.4, 0.5) is 22.0 Å². The number of piperidine rings is 1. The van der Waals surface area contributed by atoms with Crippen LogP contribution in [0.5, 0.6) is 6.01 Å². The van der Waals surface area contributed by atoms with E-state index in [0.717, 1.165) is 63.3 Å². The van der Waals surface area contributed by atoms with Gasteiger partial charge < -0.3 is 35.0 Å². The number of hydrogen-bond acceptors (Lipinski definition) is 13. The Morgan fingerprint density at radius 1 is 0.880 bits per heavy atom. The van der Waals surface area contributed by atoms with Crippen molar-refractivity contribution in [1.82, 2.24) is 34.3 Å². The number of benzene rings is 4. The number of likely N-dealkylation sites (N-methyl/N-ethyl adjacent to an activating group) is 1. The van der Waals surface area contributed by atoms with E-state index in [4.69, 9.17) is 14.7 Å². The van der Waals surface area contributed by atoms with Gasteiger partial charge in [-0.25, -0.2) is 13.2 Å². The van der Waals surface area contributed by atoms with E-state index in [1.165, 1.54) is 20.2 Å². The van der Waals surface area contributed by atoms with Gasteiger partial charge in [-0.05, 0) is 118 Å². The Bertz CT molecular complexity index is 3280. The van der Waals surface area contributed by atoms with E-state index in [1.54, 1.807) is 12.1 Å². The van der Waals surface area contributed by atoms with Crippen molar-refractivity contribution in [1.29, 1.82) is 5.26 Å². The summed E-state index contributed by atoms with van der Waals surface area (Å²) in [6.07, 6.45) is 2.56. The third-order valence-electron chi connectivity index (χ3n) is 15.7. The van der Waals surface area contributed by atoms with Gasteiger partial charge >= 0.3 is 12.0 Å². The van der Waals surface area contributed by atoms with E-state index >= 15 is 0 Å². The zero-order valence-corrected chi connectivity index (χ0v) is 43.8. The summed E-state index contributed by atoms with van der Waals surface area (Å²) in [5.74, 6) is -0.980. The van der Waals surface area contributed by atoms with Crippen LogP contribution < -0.4 is 25.2 Å². The van der Waals surface area contributed by atoms with Gasteiger partial charge in [0.2, 0.25) is 15.9 Å². The summed E-state index contributed by atoms with van der Waals surface area (Å²) in [6.45, 7) is 12.7. The second kappa shape index (κ2) is 21.1. The van der Waals surface area contributed by atoms with Crippen LogP contribution in [0.2, 0.25) is 0 Å². The molecule has 0 radical (unpaired) electrons. The molecule has 3 saturated heterocycles. The number of hydrogen-bond donors (Lipinski definition) is 2. The van der Waals surface area contributed by atoms with Crippen molar-refractivity contribution < 1.29 is 32.3 Å². The first kappa shape index (κ1) is 51.1. The van der Waals surface area contributed by atoms with Gasteiger partial charge in [0.05, 0.1) is 42.2 Å². The molecule has 2 N–H and O–H groups in total. The second-order valence-corrected chi connectivity index (χ2v) is 22.5. The summed E-state index contributed by atoms with van der Waals surface area (Å²) in [5, 5.41) is 18.2. The molecule has 1 aromatic heterocycles. The lowest BCUT2D eigenvalue weighted by molar-refractivity contribution is -0.151. The van der Waals surface area contributed by atoms with Crippen molar-refractivity contribution in [2.24, 2.45) is 0 Å². The van der Waals surface area contributed by atoms with Crippen LogP contribution >= 0.6 is 0 Å². The molecule has 19 heteroatoms. The average Bonchev–Trinajstić information content (AvgIpc) is 3.97. The Labute approximate surface area is 438 Å². The number of rotatable bonds is 14. The highest BCUT2D eigenvalue weighted by molar-refractivity contribution is 7.93. The molecule has 1 unspecified atom stereocenters. The van der Waals surface area contributed by atoms with E-state index in [0.29, 0.717) is 48.7 Å². The molecule has 5 amide bonds. The molecule has 0 saturated carbocycles. The molecule has 6 heterocycles. The number of nitrogens with one attached hydrogen (secondary N) is 2. The van der Waals surface area contributed by atoms with Crippen molar-refractivity contribution in [3.8, 4) is 12.1 Å². The Hall–Kier alpha value is -7.40. The fraction of sp³-hybridized carbons (Fsp3) is 0.411. The van der Waals surface area contributed by atoms with Crippen LogP contribution in [0, 0.1) is 32.1 Å². The molecule has 0 spiro atoms. The zero-order valence-electron chi connectivity index (χ0n) is 43.0. The van der Waals surface area contributed by atoms with E-state index in [9.17, 15) is 32.9 Å². The monoisotopic (exact) mass is 1030 g/mol.